The number of nitrogens with one attached hydrogen (secondary N) is 1. The molecule has 1 spiro atoms. The van der Waals surface area contributed by atoms with Crippen molar-refractivity contribution in [1.82, 2.24) is 25.1 Å². The Morgan fingerprint density at radius 3 is 2.46 bits per heavy atom. The van der Waals surface area contributed by atoms with E-state index in [2.05, 4.69) is 20.4 Å². The predicted molar refractivity (Wildman–Crippen MR) is 167 cm³/mol. The Morgan fingerprint density at radius 1 is 1.04 bits per heavy atom. The molecule has 1 amide bonds. The lowest BCUT2D eigenvalue weighted by Crippen LogP contribution is -2.55. The van der Waals surface area contributed by atoms with Gasteiger partial charge < -0.3 is 24.8 Å². The van der Waals surface area contributed by atoms with E-state index in [0.717, 1.165) is 43.9 Å². The van der Waals surface area contributed by atoms with E-state index in [1.807, 2.05) is 35.1 Å². The molecule has 256 valence electrons. The second kappa shape index (κ2) is 12.7. The van der Waals surface area contributed by atoms with Gasteiger partial charge in [-0.05, 0) is 81.2 Å². The largest absolute Gasteiger partial charge is 0.490 e. The van der Waals surface area contributed by atoms with Gasteiger partial charge in [-0.3, -0.25) is 9.48 Å². The molecular formula is C34H39F3N6O5. The number of fused-ring (bicyclic) bond motifs is 2. The lowest BCUT2D eigenvalue weighted by atomic mass is 9.76. The molecule has 14 heteroatoms. The number of carbonyl (C=O) groups excluding carboxylic acids is 1. The minimum Gasteiger partial charge on any atom is -0.490 e. The number of ether oxygens (including phenoxy) is 2. The Hall–Kier alpha value is -4.20. The van der Waals surface area contributed by atoms with E-state index in [-0.39, 0.29) is 24.9 Å². The number of carboxylic acid groups (broad SMARTS) is 1. The molecule has 4 heterocycles. The summed E-state index contributed by atoms with van der Waals surface area (Å²) >= 11 is 0. The topological polar surface area (TPSA) is 132 Å². The highest BCUT2D eigenvalue weighted by Gasteiger charge is 2.47. The van der Waals surface area contributed by atoms with Gasteiger partial charge >= 0.3 is 12.1 Å². The quantitative estimate of drug-likeness (QED) is 0.313. The maximum Gasteiger partial charge on any atom is 0.434 e. The van der Waals surface area contributed by atoms with Gasteiger partial charge in [-0.2, -0.15) is 18.3 Å². The number of nitrogens with zero attached hydrogens (tertiary/aromatic N) is 5. The third kappa shape index (κ3) is 6.10. The van der Waals surface area contributed by atoms with Gasteiger partial charge in [0.2, 0.25) is 5.95 Å². The summed E-state index contributed by atoms with van der Waals surface area (Å²) in [6.45, 7) is 1.36. The molecule has 1 saturated heterocycles. The fourth-order valence-corrected chi connectivity index (χ4v) is 7.92. The number of alkyl halides is 3. The van der Waals surface area contributed by atoms with E-state index in [9.17, 15) is 27.9 Å². The zero-order valence-corrected chi connectivity index (χ0v) is 26.5. The number of hydrogen-bond acceptors (Lipinski definition) is 8. The molecule has 3 fully saturated rings. The number of carboxylic acids is 1. The third-order valence-electron chi connectivity index (χ3n) is 10.6. The summed E-state index contributed by atoms with van der Waals surface area (Å²) in [5.74, 6) is -1.88. The van der Waals surface area contributed by atoms with Crippen LogP contribution in [0.3, 0.4) is 0 Å². The van der Waals surface area contributed by atoms with Crippen LogP contribution in [0.2, 0.25) is 0 Å². The van der Waals surface area contributed by atoms with Gasteiger partial charge in [0, 0.05) is 49.5 Å². The number of aliphatic carboxylic acids is 1. The van der Waals surface area contributed by atoms with Crippen molar-refractivity contribution in [2.45, 2.75) is 99.9 Å². The second-order valence-corrected chi connectivity index (χ2v) is 13.5. The number of benzene rings is 1. The minimum atomic E-state index is -4.99. The van der Waals surface area contributed by atoms with Gasteiger partial charge in [0.1, 0.15) is 11.3 Å². The van der Waals surface area contributed by atoms with Gasteiger partial charge in [0.05, 0.1) is 17.7 Å². The molecular weight excluding hydrogens is 629 g/mol. The van der Waals surface area contributed by atoms with Crippen molar-refractivity contribution < 1.29 is 37.3 Å². The Kier molecular flexibility index (Phi) is 8.55. The number of aromatic nitrogens is 4. The molecule has 2 aromatic heterocycles. The monoisotopic (exact) mass is 668 g/mol. The Labute approximate surface area is 275 Å². The molecule has 11 nitrogen and oxygen atoms in total. The van der Waals surface area contributed by atoms with Crippen molar-refractivity contribution in [3.8, 4) is 5.75 Å². The van der Waals surface area contributed by atoms with Crippen LogP contribution in [0.5, 0.6) is 5.75 Å². The summed E-state index contributed by atoms with van der Waals surface area (Å²) in [6, 6.07) is 7.97. The van der Waals surface area contributed by atoms with Crippen molar-refractivity contribution in [2.75, 3.05) is 24.7 Å². The minimum absolute atomic E-state index is 0.0447. The molecule has 3 aromatic rings. The molecule has 2 aliphatic carbocycles. The fourth-order valence-electron chi connectivity index (χ4n) is 7.92. The highest BCUT2D eigenvalue weighted by Crippen LogP contribution is 2.50. The van der Waals surface area contributed by atoms with Crippen LogP contribution in [-0.4, -0.2) is 68.1 Å². The zero-order chi connectivity index (χ0) is 33.5. The summed E-state index contributed by atoms with van der Waals surface area (Å²) in [5.41, 5.74) is -2.60. The number of anilines is 2. The molecule has 2 N–H and O–H groups in total. The van der Waals surface area contributed by atoms with E-state index in [4.69, 9.17) is 9.47 Å². The first-order valence-corrected chi connectivity index (χ1v) is 16.7. The molecule has 0 radical (unpaired) electrons. The van der Waals surface area contributed by atoms with Crippen LogP contribution < -0.4 is 15.0 Å². The van der Waals surface area contributed by atoms with Crippen molar-refractivity contribution in [3.63, 3.8) is 0 Å². The predicted octanol–water partition coefficient (Wildman–Crippen LogP) is 5.97. The van der Waals surface area contributed by atoms with Crippen LogP contribution >= 0.6 is 0 Å². The molecule has 1 aromatic carbocycles. The van der Waals surface area contributed by atoms with Crippen LogP contribution in [-0.2, 0) is 21.1 Å². The number of amides is 1. The first-order valence-electron chi connectivity index (χ1n) is 16.7. The maximum absolute atomic E-state index is 14.5. The van der Waals surface area contributed by atoms with Crippen molar-refractivity contribution >= 4 is 23.5 Å². The summed E-state index contributed by atoms with van der Waals surface area (Å²) in [5, 5.41) is 16.7. The first kappa shape index (κ1) is 32.4. The third-order valence-corrected chi connectivity index (χ3v) is 10.6. The van der Waals surface area contributed by atoms with Gasteiger partial charge in [0.15, 0.2) is 5.69 Å². The van der Waals surface area contributed by atoms with Gasteiger partial charge in [0.25, 0.3) is 5.91 Å². The molecule has 2 saturated carbocycles. The van der Waals surface area contributed by atoms with E-state index < -0.39 is 40.3 Å². The average Bonchev–Trinajstić information content (AvgIpc) is 3.73. The SMILES string of the molecule is O=C(NC1(C(=O)O)CCCCC1)c1cnc(N2CC3(CCOCC3)c3cc(OC4CCC(n5cccn5)CC4)ccc32)nc1C(F)(F)F. The van der Waals surface area contributed by atoms with Crippen molar-refractivity contribution in [2.24, 2.45) is 0 Å². The van der Waals surface area contributed by atoms with Gasteiger partial charge in [-0.1, -0.05) is 19.3 Å². The first-order chi connectivity index (χ1) is 23.1. The fraction of sp³-hybridized carbons (Fsp3) is 0.559. The van der Waals surface area contributed by atoms with Gasteiger partial charge in [-0.15, -0.1) is 0 Å². The molecule has 7 rings (SSSR count). The van der Waals surface area contributed by atoms with E-state index in [1.165, 1.54) is 0 Å². The number of rotatable bonds is 7. The van der Waals surface area contributed by atoms with E-state index in [0.29, 0.717) is 62.9 Å². The normalized spacial score (nSPS) is 23.4. The van der Waals surface area contributed by atoms with Gasteiger partial charge in [-0.25, -0.2) is 14.8 Å². The maximum atomic E-state index is 14.5. The van der Waals surface area contributed by atoms with E-state index >= 15 is 0 Å². The zero-order valence-electron chi connectivity index (χ0n) is 26.5. The average molecular weight is 669 g/mol. The van der Waals surface area contributed by atoms with Crippen LogP contribution in [0.1, 0.15) is 98.3 Å². The van der Waals surface area contributed by atoms with Crippen LogP contribution in [0.15, 0.2) is 42.9 Å². The molecule has 48 heavy (non-hydrogen) atoms. The summed E-state index contributed by atoms with van der Waals surface area (Å²) < 4.78 is 57.6. The number of hydrogen-bond donors (Lipinski definition) is 2. The van der Waals surface area contributed by atoms with Crippen LogP contribution in [0.4, 0.5) is 24.8 Å². The van der Waals surface area contributed by atoms with Crippen LogP contribution in [0, 0.1) is 0 Å². The standard InChI is InChI=1S/C34H39F3N6O5/c35-34(36,37)28-25(29(44)41-33(30(45)46)11-2-1-3-12-33)20-38-31(40-28)42-21-32(13-17-47-18-14-32)26-19-24(9-10-27(26)42)48-23-7-5-22(6-8-23)43-16-4-15-39-43/h4,9-10,15-16,19-20,22-23H,1-3,5-8,11-14,17-18,21H2,(H,41,44)(H,45,46). The molecule has 2 aliphatic heterocycles. The summed E-state index contributed by atoms with van der Waals surface area (Å²) in [6.07, 6.45) is 6.89. The van der Waals surface area contributed by atoms with Crippen molar-refractivity contribution in [3.05, 3.63) is 59.7 Å². The van der Waals surface area contributed by atoms with E-state index in [1.54, 1.807) is 11.1 Å². The molecule has 4 aliphatic rings. The lowest BCUT2D eigenvalue weighted by molar-refractivity contribution is -0.145. The number of halogens is 3. The Bertz CT molecular complexity index is 1650. The highest BCUT2D eigenvalue weighted by atomic mass is 19.4. The second-order valence-electron chi connectivity index (χ2n) is 13.5. The van der Waals surface area contributed by atoms with Crippen molar-refractivity contribution in [1.29, 1.82) is 0 Å². The smallest absolute Gasteiger partial charge is 0.434 e. The number of carbonyl (C=O) groups is 2. The summed E-state index contributed by atoms with van der Waals surface area (Å²) in [7, 11) is 0. The summed E-state index contributed by atoms with van der Waals surface area (Å²) in [4.78, 5) is 35.2. The Balaban J connectivity index is 1.16. The molecule has 0 bridgehead atoms. The van der Waals surface area contributed by atoms with Crippen LogP contribution in [0.25, 0.3) is 0 Å². The molecule has 0 atom stereocenters. The highest BCUT2D eigenvalue weighted by molar-refractivity contribution is 5.98. The Morgan fingerprint density at radius 2 is 1.79 bits per heavy atom. The molecule has 0 unspecified atom stereocenters. The lowest BCUT2D eigenvalue weighted by Gasteiger charge is -2.34.